The highest BCUT2D eigenvalue weighted by Gasteiger charge is 2.37. The summed E-state index contributed by atoms with van der Waals surface area (Å²) >= 11 is 0. The van der Waals surface area contributed by atoms with Gasteiger partial charge in [0.1, 0.15) is 0 Å². The second-order valence-electron chi connectivity index (χ2n) is 17.0. The number of rotatable bonds is 3. The first-order valence-electron chi connectivity index (χ1n) is 19.9. The predicted molar refractivity (Wildman–Crippen MR) is 236 cm³/mol. The van der Waals surface area contributed by atoms with Gasteiger partial charge >= 0.3 is 0 Å². The summed E-state index contributed by atoms with van der Waals surface area (Å²) in [6.45, 7) is 9.50. The van der Waals surface area contributed by atoms with Gasteiger partial charge in [0.15, 0.2) is 0 Å². The highest BCUT2D eigenvalue weighted by Crippen LogP contribution is 2.52. The average molecular weight is 717 g/mol. The summed E-state index contributed by atoms with van der Waals surface area (Å²) in [5.74, 6) is 0. The van der Waals surface area contributed by atoms with Crippen LogP contribution >= 0.6 is 0 Å². The van der Waals surface area contributed by atoms with Crippen molar-refractivity contribution >= 4 is 43.6 Å². The molecule has 0 aliphatic heterocycles. The molecular weight excluding hydrogens is 677 g/mol. The van der Waals surface area contributed by atoms with Crippen LogP contribution in [0.3, 0.4) is 0 Å². The van der Waals surface area contributed by atoms with Gasteiger partial charge in [0, 0.05) is 43.7 Å². The van der Waals surface area contributed by atoms with Gasteiger partial charge in [-0.25, -0.2) is 0 Å². The van der Waals surface area contributed by atoms with E-state index in [0.717, 1.165) is 0 Å². The third-order valence-corrected chi connectivity index (χ3v) is 13.3. The van der Waals surface area contributed by atoms with Crippen LogP contribution in [0.5, 0.6) is 0 Å². The molecule has 0 bridgehead atoms. The van der Waals surface area contributed by atoms with Crippen LogP contribution < -0.4 is 0 Å². The number of hydrogen-bond donors (Lipinski definition) is 0. The Hall–Kier alpha value is -6.64. The predicted octanol–water partition coefficient (Wildman–Crippen LogP) is 14.2. The van der Waals surface area contributed by atoms with Gasteiger partial charge in [-0.05, 0) is 122 Å². The Balaban J connectivity index is 1.12. The van der Waals surface area contributed by atoms with Crippen molar-refractivity contribution in [2.45, 2.75) is 38.5 Å². The van der Waals surface area contributed by atoms with Gasteiger partial charge in [-0.3, -0.25) is 0 Å². The zero-order chi connectivity index (χ0) is 37.5. The summed E-state index contributed by atoms with van der Waals surface area (Å²) in [4.78, 5) is 0. The van der Waals surface area contributed by atoms with Gasteiger partial charge in [0.05, 0.1) is 22.1 Å². The van der Waals surface area contributed by atoms with Crippen LogP contribution in [0.25, 0.3) is 88.4 Å². The Morgan fingerprint density at radius 1 is 0.304 bits per heavy atom. The van der Waals surface area contributed by atoms with E-state index in [1.165, 1.54) is 111 Å². The molecule has 12 rings (SSSR count). The van der Waals surface area contributed by atoms with Gasteiger partial charge in [-0.1, -0.05) is 131 Å². The van der Waals surface area contributed by atoms with Crippen molar-refractivity contribution in [2.75, 3.05) is 0 Å². The largest absolute Gasteiger partial charge is 0.309 e. The zero-order valence-electron chi connectivity index (χ0n) is 32.1. The van der Waals surface area contributed by atoms with E-state index in [-0.39, 0.29) is 10.8 Å². The summed E-state index contributed by atoms with van der Waals surface area (Å²) in [6.07, 6.45) is 0. The van der Waals surface area contributed by atoms with Crippen LogP contribution in [0.4, 0.5) is 0 Å². The SMILES string of the molecule is CC1(C)c2ccccc2-c2ccc(-c3ccc4c(c3)c3cc5c(cc3n4-c3ccc4c(c3)c3ccccc3n4-c3ccccc3)C(C)(C)c3ccccc3-5)cc21. The van der Waals surface area contributed by atoms with Crippen LogP contribution in [0.1, 0.15) is 49.9 Å². The maximum absolute atomic E-state index is 2.52. The third-order valence-electron chi connectivity index (χ3n) is 13.3. The molecule has 0 amide bonds. The van der Waals surface area contributed by atoms with E-state index in [9.17, 15) is 0 Å². The fourth-order valence-corrected chi connectivity index (χ4v) is 10.5. The fourth-order valence-electron chi connectivity index (χ4n) is 10.5. The van der Waals surface area contributed by atoms with Crippen LogP contribution in [-0.4, -0.2) is 9.13 Å². The minimum atomic E-state index is -0.103. The summed E-state index contributed by atoms with van der Waals surface area (Å²) < 4.78 is 4.92. The first-order chi connectivity index (χ1) is 27.3. The molecule has 0 unspecified atom stereocenters. The van der Waals surface area contributed by atoms with E-state index in [4.69, 9.17) is 0 Å². The quantitative estimate of drug-likeness (QED) is 0.172. The van der Waals surface area contributed by atoms with Crippen molar-refractivity contribution in [3.8, 4) is 44.8 Å². The lowest BCUT2D eigenvalue weighted by Crippen LogP contribution is -2.14. The Labute approximate surface area is 326 Å². The van der Waals surface area contributed by atoms with E-state index < -0.39 is 0 Å². The molecule has 8 aromatic carbocycles. The number of benzene rings is 8. The Kier molecular flexibility index (Phi) is 6.22. The lowest BCUT2D eigenvalue weighted by molar-refractivity contribution is 0.660. The second-order valence-corrected chi connectivity index (χ2v) is 17.0. The smallest absolute Gasteiger partial charge is 0.0544 e. The molecule has 2 aliphatic carbocycles. The minimum Gasteiger partial charge on any atom is -0.309 e. The van der Waals surface area contributed by atoms with Gasteiger partial charge < -0.3 is 9.13 Å². The van der Waals surface area contributed by atoms with Crippen molar-refractivity contribution in [2.24, 2.45) is 0 Å². The third kappa shape index (κ3) is 4.11. The van der Waals surface area contributed by atoms with Crippen molar-refractivity contribution in [3.63, 3.8) is 0 Å². The van der Waals surface area contributed by atoms with Crippen LogP contribution in [0.2, 0.25) is 0 Å². The van der Waals surface area contributed by atoms with Crippen LogP contribution in [0.15, 0.2) is 170 Å². The van der Waals surface area contributed by atoms with Crippen molar-refractivity contribution < 1.29 is 0 Å². The van der Waals surface area contributed by atoms with Crippen molar-refractivity contribution in [3.05, 3.63) is 192 Å². The Morgan fingerprint density at radius 2 is 0.821 bits per heavy atom. The Morgan fingerprint density at radius 3 is 1.59 bits per heavy atom. The van der Waals surface area contributed by atoms with Gasteiger partial charge in [0.25, 0.3) is 0 Å². The first kappa shape index (κ1) is 31.7. The number of aromatic nitrogens is 2. The van der Waals surface area contributed by atoms with Gasteiger partial charge in [-0.2, -0.15) is 0 Å². The van der Waals surface area contributed by atoms with E-state index in [1.807, 2.05) is 0 Å². The van der Waals surface area contributed by atoms with E-state index in [0.29, 0.717) is 0 Å². The van der Waals surface area contributed by atoms with E-state index in [2.05, 4.69) is 207 Å². The van der Waals surface area contributed by atoms with E-state index in [1.54, 1.807) is 0 Å². The van der Waals surface area contributed by atoms with Gasteiger partial charge in [0.2, 0.25) is 0 Å². The maximum atomic E-state index is 2.52. The molecule has 2 heteroatoms. The highest BCUT2D eigenvalue weighted by atomic mass is 15.0. The monoisotopic (exact) mass is 716 g/mol. The summed E-state index contributed by atoms with van der Waals surface area (Å²) in [5, 5.41) is 5.07. The van der Waals surface area contributed by atoms with Crippen molar-refractivity contribution in [1.82, 2.24) is 9.13 Å². The molecule has 0 radical (unpaired) electrons. The maximum Gasteiger partial charge on any atom is 0.0544 e. The number of para-hydroxylation sites is 2. The molecule has 0 saturated carbocycles. The lowest BCUT2D eigenvalue weighted by Gasteiger charge is -2.22. The fraction of sp³-hybridized carbons (Fsp3) is 0.111. The minimum absolute atomic E-state index is 0.0505. The molecule has 56 heavy (non-hydrogen) atoms. The average Bonchev–Trinajstić information content (AvgIpc) is 3.88. The summed E-state index contributed by atoms with van der Waals surface area (Å²) in [5.41, 5.74) is 20.6. The van der Waals surface area contributed by atoms with E-state index >= 15 is 0 Å². The number of nitrogens with zero attached hydrogens (tertiary/aromatic N) is 2. The summed E-state index contributed by atoms with van der Waals surface area (Å²) in [6, 6.07) is 63.7. The molecule has 0 saturated heterocycles. The molecule has 2 heterocycles. The molecule has 0 fully saturated rings. The van der Waals surface area contributed by atoms with Gasteiger partial charge in [-0.15, -0.1) is 0 Å². The molecule has 266 valence electrons. The molecule has 0 atom stereocenters. The summed E-state index contributed by atoms with van der Waals surface area (Å²) in [7, 11) is 0. The molecule has 10 aromatic rings. The van der Waals surface area contributed by atoms with Crippen LogP contribution in [-0.2, 0) is 10.8 Å². The van der Waals surface area contributed by atoms with Crippen LogP contribution in [0, 0.1) is 0 Å². The molecule has 0 N–H and O–H groups in total. The number of hydrogen-bond acceptors (Lipinski definition) is 0. The standard InChI is InChI=1S/C54H40N2/c1-53(2)45-19-11-8-16-37(45)39-25-22-34(29-47(39)53)33-23-26-50-42(28-33)44-31-41-38-17-9-12-20-46(38)54(3,4)48(41)32-52(44)56(50)36-24-27-51-43(30-36)40-18-10-13-21-49(40)55(51)35-14-6-5-7-15-35/h5-32H,1-4H3. The van der Waals surface area contributed by atoms with Crippen molar-refractivity contribution in [1.29, 1.82) is 0 Å². The highest BCUT2D eigenvalue weighted by molar-refractivity contribution is 6.14. The zero-order valence-corrected chi connectivity index (χ0v) is 32.1. The first-order valence-corrected chi connectivity index (χ1v) is 19.9. The molecule has 2 aromatic heterocycles. The molecule has 0 spiro atoms. The molecule has 2 aliphatic rings. The topological polar surface area (TPSA) is 9.86 Å². The second kappa shape index (κ2) is 11.0. The number of fused-ring (bicyclic) bond motifs is 12. The normalized spacial score (nSPS) is 14.7. The molecular formula is C54H40N2. The molecule has 2 nitrogen and oxygen atoms in total. The Bertz CT molecular complexity index is 3300. The lowest BCUT2D eigenvalue weighted by atomic mass is 9.81.